The number of carbonyl (C=O) groups excluding carboxylic acids is 1. The van der Waals surface area contributed by atoms with E-state index >= 15 is 0 Å². The molecule has 5 nitrogen and oxygen atoms in total. The van der Waals surface area contributed by atoms with Crippen molar-refractivity contribution in [2.45, 2.75) is 25.8 Å². The fourth-order valence-electron chi connectivity index (χ4n) is 4.28. The van der Waals surface area contributed by atoms with Gasteiger partial charge in [-0.3, -0.25) is 4.79 Å². The molecule has 0 saturated heterocycles. The van der Waals surface area contributed by atoms with Gasteiger partial charge in [0.05, 0.1) is 23.9 Å². The number of nitrogens with one attached hydrogen (secondary N) is 1. The molecule has 0 aliphatic carbocycles. The van der Waals surface area contributed by atoms with Gasteiger partial charge in [-0.2, -0.15) is 0 Å². The normalized spacial score (nSPS) is 16.0. The van der Waals surface area contributed by atoms with Crippen LogP contribution in [0.15, 0.2) is 43.0 Å². The number of rotatable bonds is 4. The van der Waals surface area contributed by atoms with Crippen molar-refractivity contribution in [2.75, 3.05) is 18.6 Å². The molecular formula is C24H22ClN3O2S. The molecule has 0 bridgehead atoms. The first-order valence-corrected chi connectivity index (χ1v) is 11.4. The number of allylic oxidation sites excluding steroid dienone is 1. The zero-order valence-electron chi connectivity index (χ0n) is 17.4. The number of carbonyl (C=O) groups is 1. The number of benzene rings is 2. The molecule has 1 atom stereocenters. The molecular weight excluding hydrogens is 430 g/mol. The Kier molecular flexibility index (Phi) is 4.99. The number of ether oxygens (including phenoxy) is 1. The van der Waals surface area contributed by atoms with E-state index in [9.17, 15) is 4.79 Å². The summed E-state index contributed by atoms with van der Waals surface area (Å²) in [6, 6.07) is 12.0. The van der Waals surface area contributed by atoms with Gasteiger partial charge in [0.2, 0.25) is 0 Å². The van der Waals surface area contributed by atoms with Crippen molar-refractivity contribution in [3.63, 3.8) is 0 Å². The number of hydrogen-bond acceptors (Lipinski definition) is 5. The average molecular weight is 452 g/mol. The Morgan fingerprint density at radius 1 is 1.35 bits per heavy atom. The SMILES string of the molecule is C=C(CC)c1ccc2nc(N3Cc4[nH]c5ccc(Cl)cc5c4C(C(=O)OC)C3)sc2c1. The molecule has 2 aromatic carbocycles. The molecule has 4 aromatic rings. The number of thiazole rings is 1. The molecule has 3 heterocycles. The third kappa shape index (κ3) is 3.40. The predicted molar refractivity (Wildman–Crippen MR) is 128 cm³/mol. The van der Waals surface area contributed by atoms with Gasteiger partial charge in [-0.05, 0) is 53.5 Å². The fourth-order valence-corrected chi connectivity index (χ4v) is 5.47. The number of hydrogen-bond donors (Lipinski definition) is 1. The third-order valence-corrected chi connectivity index (χ3v) is 7.27. The number of halogens is 1. The topological polar surface area (TPSA) is 58.2 Å². The summed E-state index contributed by atoms with van der Waals surface area (Å²) in [5, 5.41) is 2.52. The molecule has 2 aromatic heterocycles. The predicted octanol–water partition coefficient (Wildman–Crippen LogP) is 6.13. The van der Waals surface area contributed by atoms with Gasteiger partial charge in [-0.15, -0.1) is 0 Å². The lowest BCUT2D eigenvalue weighted by atomic mass is 9.92. The van der Waals surface area contributed by atoms with Gasteiger partial charge >= 0.3 is 5.97 Å². The Balaban J connectivity index is 1.58. The number of aromatic amines is 1. The second kappa shape index (κ2) is 7.70. The van der Waals surface area contributed by atoms with E-state index in [1.807, 2.05) is 24.3 Å². The minimum atomic E-state index is -0.414. The van der Waals surface area contributed by atoms with Crippen molar-refractivity contribution in [1.82, 2.24) is 9.97 Å². The molecule has 5 rings (SSSR count). The van der Waals surface area contributed by atoms with Crippen molar-refractivity contribution < 1.29 is 9.53 Å². The average Bonchev–Trinajstić information content (AvgIpc) is 3.37. The quantitative estimate of drug-likeness (QED) is 0.379. The Hall–Kier alpha value is -2.83. The highest BCUT2D eigenvalue weighted by atomic mass is 35.5. The van der Waals surface area contributed by atoms with E-state index in [0.717, 1.165) is 55.1 Å². The molecule has 0 radical (unpaired) electrons. The summed E-state index contributed by atoms with van der Waals surface area (Å²) in [4.78, 5) is 23.2. The van der Waals surface area contributed by atoms with Crippen LogP contribution in [0.5, 0.6) is 0 Å². The van der Waals surface area contributed by atoms with Crippen LogP contribution in [0.3, 0.4) is 0 Å². The van der Waals surface area contributed by atoms with Crippen LogP contribution in [-0.2, 0) is 16.1 Å². The van der Waals surface area contributed by atoms with E-state index in [-0.39, 0.29) is 5.97 Å². The zero-order chi connectivity index (χ0) is 21.7. The van der Waals surface area contributed by atoms with E-state index in [2.05, 4.69) is 35.5 Å². The first-order chi connectivity index (χ1) is 15.0. The van der Waals surface area contributed by atoms with Crippen LogP contribution in [0.25, 0.3) is 26.7 Å². The van der Waals surface area contributed by atoms with Gasteiger partial charge in [-0.1, -0.05) is 42.5 Å². The molecule has 7 heteroatoms. The number of esters is 1. The summed E-state index contributed by atoms with van der Waals surface area (Å²) < 4.78 is 6.27. The van der Waals surface area contributed by atoms with Gasteiger partial charge < -0.3 is 14.6 Å². The number of aromatic nitrogens is 2. The highest BCUT2D eigenvalue weighted by molar-refractivity contribution is 7.22. The lowest BCUT2D eigenvalue weighted by Crippen LogP contribution is -2.37. The van der Waals surface area contributed by atoms with Crippen LogP contribution < -0.4 is 4.90 Å². The second-order valence-electron chi connectivity index (χ2n) is 7.80. The summed E-state index contributed by atoms with van der Waals surface area (Å²) in [7, 11) is 1.43. The van der Waals surface area contributed by atoms with Crippen LogP contribution in [0.1, 0.15) is 36.1 Å². The van der Waals surface area contributed by atoms with Crippen LogP contribution in [-0.4, -0.2) is 29.6 Å². The lowest BCUT2D eigenvalue weighted by Gasteiger charge is -2.31. The molecule has 0 spiro atoms. The maximum atomic E-state index is 12.7. The van der Waals surface area contributed by atoms with E-state index in [1.54, 1.807) is 11.3 Å². The largest absolute Gasteiger partial charge is 0.468 e. The van der Waals surface area contributed by atoms with Gasteiger partial charge in [0.25, 0.3) is 0 Å². The summed E-state index contributed by atoms with van der Waals surface area (Å²) in [5.74, 6) is -0.669. The summed E-state index contributed by atoms with van der Waals surface area (Å²) >= 11 is 7.88. The van der Waals surface area contributed by atoms with E-state index in [0.29, 0.717) is 18.1 Å². The second-order valence-corrected chi connectivity index (χ2v) is 9.24. The van der Waals surface area contributed by atoms with E-state index in [1.165, 1.54) is 7.11 Å². The van der Waals surface area contributed by atoms with Crippen LogP contribution >= 0.6 is 22.9 Å². The first kappa shape index (κ1) is 20.1. The van der Waals surface area contributed by atoms with Crippen molar-refractivity contribution in [1.29, 1.82) is 0 Å². The lowest BCUT2D eigenvalue weighted by molar-refractivity contribution is -0.142. The number of fused-ring (bicyclic) bond motifs is 4. The van der Waals surface area contributed by atoms with E-state index < -0.39 is 5.92 Å². The van der Waals surface area contributed by atoms with E-state index in [4.69, 9.17) is 21.3 Å². The van der Waals surface area contributed by atoms with Gasteiger partial charge in [0.15, 0.2) is 5.13 Å². The number of anilines is 1. The number of nitrogens with zero attached hydrogens (tertiary/aromatic N) is 2. The smallest absolute Gasteiger partial charge is 0.315 e. The van der Waals surface area contributed by atoms with Gasteiger partial charge in [0.1, 0.15) is 5.92 Å². The molecule has 0 fully saturated rings. The van der Waals surface area contributed by atoms with Crippen LogP contribution in [0, 0.1) is 0 Å². The van der Waals surface area contributed by atoms with Crippen molar-refractivity contribution >= 4 is 60.7 Å². The van der Waals surface area contributed by atoms with Crippen LogP contribution in [0.4, 0.5) is 5.13 Å². The van der Waals surface area contributed by atoms with Gasteiger partial charge in [0, 0.05) is 28.2 Å². The third-order valence-electron chi connectivity index (χ3n) is 5.95. The molecule has 1 aliphatic rings. The molecule has 1 unspecified atom stereocenters. The molecule has 1 N–H and O–H groups in total. The minimum Gasteiger partial charge on any atom is -0.468 e. The van der Waals surface area contributed by atoms with Crippen molar-refractivity contribution in [2.24, 2.45) is 0 Å². The minimum absolute atomic E-state index is 0.255. The van der Waals surface area contributed by atoms with Crippen LogP contribution in [0.2, 0.25) is 5.02 Å². The number of methoxy groups -OCH3 is 1. The molecule has 158 valence electrons. The van der Waals surface area contributed by atoms with Crippen molar-refractivity contribution in [3.8, 4) is 0 Å². The maximum absolute atomic E-state index is 12.7. The Morgan fingerprint density at radius 3 is 2.97 bits per heavy atom. The summed E-state index contributed by atoms with van der Waals surface area (Å²) in [6.45, 7) is 7.40. The highest BCUT2D eigenvalue weighted by Gasteiger charge is 2.35. The molecule has 1 aliphatic heterocycles. The maximum Gasteiger partial charge on any atom is 0.315 e. The molecule has 31 heavy (non-hydrogen) atoms. The Labute approximate surface area is 189 Å². The Bertz CT molecular complexity index is 1340. The zero-order valence-corrected chi connectivity index (χ0v) is 18.9. The van der Waals surface area contributed by atoms with Gasteiger partial charge in [-0.25, -0.2) is 4.98 Å². The summed E-state index contributed by atoms with van der Waals surface area (Å²) in [6.07, 6.45) is 0.914. The molecule has 0 saturated carbocycles. The highest BCUT2D eigenvalue weighted by Crippen LogP contribution is 2.40. The summed E-state index contributed by atoms with van der Waals surface area (Å²) in [5.41, 5.74) is 6.16. The standard InChI is InChI=1S/C24H22ClN3O2S/c1-4-13(2)14-5-7-19-21(9-14)31-24(27-19)28-11-17(23(29)30-3)22-16-10-15(25)6-8-18(16)26-20(22)12-28/h5-10,17,26H,2,4,11-12H2,1,3H3. The monoisotopic (exact) mass is 451 g/mol. The van der Waals surface area contributed by atoms with Crippen molar-refractivity contribution in [3.05, 3.63) is 64.8 Å². The molecule has 0 amide bonds. The first-order valence-electron chi connectivity index (χ1n) is 10.2. The fraction of sp³-hybridized carbons (Fsp3) is 0.250. The Morgan fingerprint density at radius 2 is 2.19 bits per heavy atom. The number of H-pyrrole nitrogens is 1.